The third kappa shape index (κ3) is 2.25. The van der Waals surface area contributed by atoms with Crippen molar-refractivity contribution < 1.29 is 0 Å². The van der Waals surface area contributed by atoms with Gasteiger partial charge >= 0.3 is 0 Å². The van der Waals surface area contributed by atoms with Crippen molar-refractivity contribution in [3.63, 3.8) is 0 Å². The average Bonchev–Trinajstić information content (AvgIpc) is 2.69. The Balaban J connectivity index is 1.93. The molecular formula is C13H18N6. The Morgan fingerprint density at radius 2 is 2.26 bits per heavy atom. The molecule has 0 amide bonds. The molecule has 1 aliphatic heterocycles. The first kappa shape index (κ1) is 12.0. The minimum Gasteiger partial charge on any atom is -0.369 e. The van der Waals surface area contributed by atoms with Gasteiger partial charge in [0.25, 0.3) is 0 Å². The summed E-state index contributed by atoms with van der Waals surface area (Å²) < 4.78 is 1.84. The van der Waals surface area contributed by atoms with Gasteiger partial charge in [0.1, 0.15) is 18.0 Å². The SMILES string of the molecule is Cc1cc(Nc2ncnc3c2CC(C)CN3)nn1C. The zero-order valence-electron chi connectivity index (χ0n) is 11.4. The molecule has 1 unspecified atom stereocenters. The van der Waals surface area contributed by atoms with Crippen LogP contribution in [0.3, 0.4) is 0 Å². The molecule has 2 aromatic rings. The van der Waals surface area contributed by atoms with Crippen molar-refractivity contribution in [1.82, 2.24) is 19.7 Å². The van der Waals surface area contributed by atoms with Gasteiger partial charge in [-0.25, -0.2) is 9.97 Å². The summed E-state index contributed by atoms with van der Waals surface area (Å²) in [5, 5.41) is 11.0. The molecule has 1 aliphatic rings. The zero-order valence-corrected chi connectivity index (χ0v) is 11.4. The predicted octanol–water partition coefficient (Wildman–Crippen LogP) is 1.87. The number of hydrogen-bond acceptors (Lipinski definition) is 5. The lowest BCUT2D eigenvalue weighted by Crippen LogP contribution is -2.23. The average molecular weight is 258 g/mol. The Kier molecular flexibility index (Phi) is 2.85. The molecule has 0 saturated heterocycles. The van der Waals surface area contributed by atoms with Gasteiger partial charge in [0.15, 0.2) is 5.82 Å². The highest BCUT2D eigenvalue weighted by atomic mass is 15.3. The zero-order chi connectivity index (χ0) is 13.4. The molecule has 0 aliphatic carbocycles. The molecule has 0 radical (unpaired) electrons. The van der Waals surface area contributed by atoms with Crippen molar-refractivity contribution >= 4 is 17.5 Å². The molecule has 0 fully saturated rings. The summed E-state index contributed by atoms with van der Waals surface area (Å²) in [6.45, 7) is 5.21. The third-order valence-corrected chi connectivity index (χ3v) is 3.48. The molecule has 2 N–H and O–H groups in total. The van der Waals surface area contributed by atoms with E-state index in [1.807, 2.05) is 24.7 Å². The highest BCUT2D eigenvalue weighted by molar-refractivity contribution is 5.64. The fourth-order valence-electron chi connectivity index (χ4n) is 2.30. The number of aromatic nitrogens is 4. The Hall–Kier alpha value is -2.11. The van der Waals surface area contributed by atoms with Crippen LogP contribution < -0.4 is 10.6 Å². The van der Waals surface area contributed by atoms with Crippen LogP contribution in [0.5, 0.6) is 0 Å². The lowest BCUT2D eigenvalue weighted by Gasteiger charge is -2.23. The van der Waals surface area contributed by atoms with Crippen molar-refractivity contribution in [3.05, 3.63) is 23.7 Å². The van der Waals surface area contributed by atoms with Crippen LogP contribution >= 0.6 is 0 Å². The van der Waals surface area contributed by atoms with E-state index in [9.17, 15) is 0 Å². The first-order valence-electron chi connectivity index (χ1n) is 6.49. The van der Waals surface area contributed by atoms with E-state index in [0.29, 0.717) is 5.92 Å². The van der Waals surface area contributed by atoms with Crippen LogP contribution in [0.4, 0.5) is 17.5 Å². The lowest BCUT2D eigenvalue weighted by molar-refractivity contribution is 0.590. The summed E-state index contributed by atoms with van der Waals surface area (Å²) in [6.07, 6.45) is 2.57. The number of aryl methyl sites for hydroxylation is 2. The second-order valence-electron chi connectivity index (χ2n) is 5.16. The van der Waals surface area contributed by atoms with E-state index in [0.717, 1.165) is 41.7 Å². The molecule has 19 heavy (non-hydrogen) atoms. The van der Waals surface area contributed by atoms with Crippen molar-refractivity contribution in [1.29, 1.82) is 0 Å². The van der Waals surface area contributed by atoms with E-state index >= 15 is 0 Å². The van der Waals surface area contributed by atoms with E-state index in [1.165, 1.54) is 0 Å². The fraction of sp³-hybridized carbons (Fsp3) is 0.462. The number of nitrogens with zero attached hydrogens (tertiary/aromatic N) is 4. The highest BCUT2D eigenvalue weighted by Crippen LogP contribution is 2.29. The van der Waals surface area contributed by atoms with Gasteiger partial charge in [-0.1, -0.05) is 6.92 Å². The molecule has 1 atom stereocenters. The van der Waals surface area contributed by atoms with Crippen LogP contribution in [0.15, 0.2) is 12.4 Å². The van der Waals surface area contributed by atoms with Crippen LogP contribution in [0.25, 0.3) is 0 Å². The van der Waals surface area contributed by atoms with Crippen molar-refractivity contribution in [2.75, 3.05) is 17.2 Å². The molecular weight excluding hydrogens is 240 g/mol. The maximum absolute atomic E-state index is 4.40. The molecule has 0 saturated carbocycles. The summed E-state index contributed by atoms with van der Waals surface area (Å²) in [5.41, 5.74) is 2.25. The molecule has 6 heteroatoms. The number of hydrogen-bond donors (Lipinski definition) is 2. The first-order valence-corrected chi connectivity index (χ1v) is 6.49. The van der Waals surface area contributed by atoms with Gasteiger partial charge in [0.05, 0.1) is 0 Å². The number of anilines is 3. The molecule has 3 rings (SSSR count). The molecule has 2 aromatic heterocycles. The predicted molar refractivity (Wildman–Crippen MR) is 74.6 cm³/mol. The van der Waals surface area contributed by atoms with E-state index in [2.05, 4.69) is 32.6 Å². The molecule has 100 valence electrons. The Morgan fingerprint density at radius 1 is 1.42 bits per heavy atom. The summed E-state index contributed by atoms with van der Waals surface area (Å²) in [4.78, 5) is 8.64. The fourth-order valence-corrected chi connectivity index (χ4v) is 2.30. The van der Waals surface area contributed by atoms with Crippen LogP contribution in [-0.4, -0.2) is 26.3 Å². The number of rotatable bonds is 2. The molecule has 0 aromatic carbocycles. The molecule has 0 bridgehead atoms. The lowest BCUT2D eigenvalue weighted by atomic mass is 9.98. The first-order chi connectivity index (χ1) is 9.13. The number of fused-ring (bicyclic) bond motifs is 1. The van der Waals surface area contributed by atoms with Gasteiger partial charge in [-0.05, 0) is 19.3 Å². The van der Waals surface area contributed by atoms with Crippen LogP contribution in [0.2, 0.25) is 0 Å². The van der Waals surface area contributed by atoms with Gasteiger partial charge in [-0.3, -0.25) is 4.68 Å². The van der Waals surface area contributed by atoms with Crippen LogP contribution in [0.1, 0.15) is 18.2 Å². The van der Waals surface area contributed by atoms with Gasteiger partial charge in [0.2, 0.25) is 0 Å². The summed E-state index contributed by atoms with van der Waals surface area (Å²) >= 11 is 0. The quantitative estimate of drug-likeness (QED) is 0.860. The Bertz CT molecular complexity index is 584. The van der Waals surface area contributed by atoms with Crippen LogP contribution in [0, 0.1) is 12.8 Å². The molecule has 6 nitrogen and oxygen atoms in total. The summed E-state index contributed by atoms with van der Waals surface area (Å²) in [6, 6.07) is 2.01. The summed E-state index contributed by atoms with van der Waals surface area (Å²) in [7, 11) is 1.93. The molecule has 3 heterocycles. The monoisotopic (exact) mass is 258 g/mol. The summed E-state index contributed by atoms with van der Waals surface area (Å²) in [5.74, 6) is 3.19. The number of nitrogens with one attached hydrogen (secondary N) is 2. The van der Waals surface area contributed by atoms with Gasteiger partial charge < -0.3 is 10.6 Å². The Morgan fingerprint density at radius 3 is 3.00 bits per heavy atom. The second kappa shape index (κ2) is 4.53. The topological polar surface area (TPSA) is 67.7 Å². The van der Waals surface area contributed by atoms with E-state index in [4.69, 9.17) is 0 Å². The maximum atomic E-state index is 4.40. The smallest absolute Gasteiger partial charge is 0.153 e. The second-order valence-corrected chi connectivity index (χ2v) is 5.16. The van der Waals surface area contributed by atoms with Gasteiger partial charge in [-0.2, -0.15) is 5.10 Å². The van der Waals surface area contributed by atoms with E-state index in [-0.39, 0.29) is 0 Å². The Labute approximate surface area is 112 Å². The largest absolute Gasteiger partial charge is 0.369 e. The third-order valence-electron chi connectivity index (χ3n) is 3.48. The molecule has 0 spiro atoms. The standard InChI is InChI=1S/C13H18N6/c1-8-4-10-12(14-6-8)15-7-16-13(10)17-11-5-9(2)19(3)18-11/h5,7-8H,4,6H2,1-3H3,(H2,14,15,16,17,18). The van der Waals surface area contributed by atoms with Gasteiger partial charge in [-0.15, -0.1) is 0 Å². The highest BCUT2D eigenvalue weighted by Gasteiger charge is 2.20. The van der Waals surface area contributed by atoms with E-state index in [1.54, 1.807) is 6.33 Å². The minimum atomic E-state index is 0.588. The van der Waals surface area contributed by atoms with Gasteiger partial charge in [0, 0.05) is 30.9 Å². The van der Waals surface area contributed by atoms with Crippen molar-refractivity contribution in [2.24, 2.45) is 13.0 Å². The minimum absolute atomic E-state index is 0.588. The normalized spacial score (nSPS) is 17.7. The van der Waals surface area contributed by atoms with Crippen molar-refractivity contribution in [2.45, 2.75) is 20.3 Å². The van der Waals surface area contributed by atoms with Crippen LogP contribution in [-0.2, 0) is 13.5 Å². The van der Waals surface area contributed by atoms with E-state index < -0.39 is 0 Å². The maximum Gasteiger partial charge on any atom is 0.153 e. The van der Waals surface area contributed by atoms with Crippen molar-refractivity contribution in [3.8, 4) is 0 Å².